The quantitative estimate of drug-likeness (QED) is 0.750. The molecule has 0 bridgehead atoms. The number of nitrogens with one attached hydrogen (secondary N) is 1. The largest absolute Gasteiger partial charge is 0.478 e. The fraction of sp³-hybridized carbons (Fsp3) is 0.133. The van der Waals surface area contributed by atoms with E-state index in [1.54, 1.807) is 19.1 Å². The van der Waals surface area contributed by atoms with Gasteiger partial charge < -0.3 is 16.2 Å². The Morgan fingerprint density at radius 2 is 1.90 bits per heavy atom. The number of nitrogens with two attached hydrogens (primary N) is 1. The first-order chi connectivity index (χ1) is 9.88. The van der Waals surface area contributed by atoms with Crippen molar-refractivity contribution in [1.29, 1.82) is 0 Å². The van der Waals surface area contributed by atoms with Gasteiger partial charge in [0.05, 0.1) is 28.2 Å². The molecule has 6 heteroatoms. The zero-order valence-corrected chi connectivity index (χ0v) is 11.7. The van der Waals surface area contributed by atoms with Crippen LogP contribution in [0.5, 0.6) is 0 Å². The van der Waals surface area contributed by atoms with E-state index in [1.165, 1.54) is 18.2 Å². The summed E-state index contributed by atoms with van der Waals surface area (Å²) in [5, 5.41) is 11.5. The van der Waals surface area contributed by atoms with Crippen LogP contribution in [0.25, 0.3) is 0 Å². The number of aromatic carboxylic acids is 1. The summed E-state index contributed by atoms with van der Waals surface area (Å²) < 4.78 is 0. The molecule has 0 aliphatic rings. The minimum Gasteiger partial charge on any atom is -0.478 e. The van der Waals surface area contributed by atoms with Crippen LogP contribution in [0, 0.1) is 13.8 Å². The second-order valence-electron chi connectivity index (χ2n) is 4.65. The van der Waals surface area contributed by atoms with Gasteiger partial charge in [-0.25, -0.2) is 4.79 Å². The summed E-state index contributed by atoms with van der Waals surface area (Å²) in [7, 11) is 0. The Bertz CT molecular complexity index is 726. The smallest absolute Gasteiger partial charge is 0.335 e. The van der Waals surface area contributed by atoms with Gasteiger partial charge in [0, 0.05) is 5.69 Å². The van der Waals surface area contributed by atoms with Gasteiger partial charge in [0.1, 0.15) is 0 Å². The summed E-state index contributed by atoms with van der Waals surface area (Å²) in [6, 6.07) is 7.59. The summed E-state index contributed by atoms with van der Waals surface area (Å²) >= 11 is 0. The molecule has 4 N–H and O–H groups in total. The van der Waals surface area contributed by atoms with Gasteiger partial charge in [-0.3, -0.25) is 9.78 Å². The Kier molecular flexibility index (Phi) is 3.89. The molecule has 1 aromatic heterocycles. The molecule has 21 heavy (non-hydrogen) atoms. The molecule has 1 aromatic carbocycles. The molecule has 1 heterocycles. The number of nitrogen functional groups attached to an aromatic ring is 1. The van der Waals surface area contributed by atoms with E-state index in [0.717, 1.165) is 5.69 Å². The maximum atomic E-state index is 12.2. The van der Waals surface area contributed by atoms with Gasteiger partial charge >= 0.3 is 5.97 Å². The number of carboxylic acids is 1. The van der Waals surface area contributed by atoms with E-state index < -0.39 is 5.97 Å². The molecule has 0 saturated carbocycles. The van der Waals surface area contributed by atoms with E-state index in [0.29, 0.717) is 16.9 Å². The van der Waals surface area contributed by atoms with Crippen LogP contribution in [0.3, 0.4) is 0 Å². The third kappa shape index (κ3) is 3.17. The summed E-state index contributed by atoms with van der Waals surface area (Å²) in [6.07, 6.45) is 0. The molecular formula is C15H15N3O3. The topological polar surface area (TPSA) is 105 Å². The Morgan fingerprint density at radius 1 is 1.19 bits per heavy atom. The van der Waals surface area contributed by atoms with Crippen molar-refractivity contribution < 1.29 is 14.7 Å². The molecule has 0 saturated heterocycles. The first-order valence-electron chi connectivity index (χ1n) is 6.27. The van der Waals surface area contributed by atoms with Crippen molar-refractivity contribution in [3.63, 3.8) is 0 Å². The SMILES string of the molecule is Cc1ccc(C(=O)Nc2ccc(C(=O)O)cc2N)c(C)n1. The average Bonchev–Trinajstić information content (AvgIpc) is 2.40. The average molecular weight is 285 g/mol. The number of carbonyl (C=O) groups excluding carboxylic acids is 1. The number of amides is 1. The van der Waals surface area contributed by atoms with Crippen LogP contribution in [0.4, 0.5) is 11.4 Å². The lowest BCUT2D eigenvalue weighted by molar-refractivity contribution is 0.0697. The summed E-state index contributed by atoms with van der Waals surface area (Å²) in [4.78, 5) is 27.3. The fourth-order valence-corrected chi connectivity index (χ4v) is 1.93. The molecule has 0 spiro atoms. The Hall–Kier alpha value is -2.89. The second-order valence-corrected chi connectivity index (χ2v) is 4.65. The van der Waals surface area contributed by atoms with E-state index in [1.807, 2.05) is 6.92 Å². The van der Waals surface area contributed by atoms with Crippen molar-refractivity contribution in [2.24, 2.45) is 0 Å². The third-order valence-electron chi connectivity index (χ3n) is 3.02. The van der Waals surface area contributed by atoms with Crippen LogP contribution >= 0.6 is 0 Å². The first-order valence-corrected chi connectivity index (χ1v) is 6.27. The number of pyridine rings is 1. The standard InChI is InChI=1S/C15H15N3O3/c1-8-3-5-11(9(2)17-8)14(19)18-13-6-4-10(15(20)21)7-12(13)16/h3-7H,16H2,1-2H3,(H,18,19)(H,20,21). The number of aryl methyl sites for hydroxylation is 2. The molecular weight excluding hydrogens is 270 g/mol. The van der Waals surface area contributed by atoms with Crippen LogP contribution in [0.2, 0.25) is 0 Å². The lowest BCUT2D eigenvalue weighted by Gasteiger charge is -2.10. The highest BCUT2D eigenvalue weighted by atomic mass is 16.4. The van der Waals surface area contributed by atoms with Gasteiger partial charge in [-0.05, 0) is 44.2 Å². The highest BCUT2D eigenvalue weighted by Gasteiger charge is 2.13. The monoisotopic (exact) mass is 285 g/mol. The number of hydrogen-bond donors (Lipinski definition) is 3. The number of rotatable bonds is 3. The summed E-state index contributed by atoms with van der Waals surface area (Å²) in [6.45, 7) is 3.59. The second kappa shape index (κ2) is 5.62. The molecule has 108 valence electrons. The number of anilines is 2. The zero-order valence-electron chi connectivity index (χ0n) is 11.7. The molecule has 0 aliphatic carbocycles. The number of benzene rings is 1. The lowest BCUT2D eigenvalue weighted by atomic mass is 10.1. The van der Waals surface area contributed by atoms with E-state index in [2.05, 4.69) is 10.3 Å². The van der Waals surface area contributed by atoms with E-state index in [4.69, 9.17) is 10.8 Å². The number of aromatic nitrogens is 1. The molecule has 2 rings (SSSR count). The molecule has 1 amide bonds. The predicted octanol–water partition coefficient (Wildman–Crippen LogP) is 2.23. The maximum absolute atomic E-state index is 12.2. The van der Waals surface area contributed by atoms with Crippen molar-refractivity contribution in [2.45, 2.75) is 13.8 Å². The lowest BCUT2D eigenvalue weighted by Crippen LogP contribution is -2.15. The number of carboxylic acid groups (broad SMARTS) is 1. The van der Waals surface area contributed by atoms with Crippen LogP contribution in [-0.4, -0.2) is 22.0 Å². The third-order valence-corrected chi connectivity index (χ3v) is 3.02. The van der Waals surface area contributed by atoms with Crippen molar-refractivity contribution in [2.75, 3.05) is 11.1 Å². The Morgan fingerprint density at radius 3 is 2.48 bits per heavy atom. The van der Waals surface area contributed by atoms with Gasteiger partial charge in [-0.1, -0.05) is 0 Å². The Labute approximate surface area is 121 Å². The first kappa shape index (κ1) is 14.5. The highest BCUT2D eigenvalue weighted by molar-refractivity contribution is 6.06. The molecule has 6 nitrogen and oxygen atoms in total. The molecule has 0 unspecified atom stereocenters. The molecule has 0 aliphatic heterocycles. The zero-order chi connectivity index (χ0) is 15.6. The van der Waals surface area contributed by atoms with Crippen LogP contribution in [0.1, 0.15) is 32.1 Å². The van der Waals surface area contributed by atoms with E-state index in [9.17, 15) is 9.59 Å². The van der Waals surface area contributed by atoms with Gasteiger partial charge in [0.25, 0.3) is 5.91 Å². The van der Waals surface area contributed by atoms with Crippen molar-refractivity contribution in [3.05, 3.63) is 52.8 Å². The van der Waals surface area contributed by atoms with Crippen molar-refractivity contribution in [3.8, 4) is 0 Å². The minimum absolute atomic E-state index is 0.0682. The van der Waals surface area contributed by atoms with E-state index in [-0.39, 0.29) is 17.2 Å². The number of hydrogen-bond acceptors (Lipinski definition) is 4. The van der Waals surface area contributed by atoms with Crippen LogP contribution < -0.4 is 11.1 Å². The van der Waals surface area contributed by atoms with Crippen molar-refractivity contribution >= 4 is 23.3 Å². The molecule has 0 radical (unpaired) electrons. The van der Waals surface area contributed by atoms with Gasteiger partial charge in [0.2, 0.25) is 0 Å². The normalized spacial score (nSPS) is 10.2. The maximum Gasteiger partial charge on any atom is 0.335 e. The summed E-state index contributed by atoms with van der Waals surface area (Å²) in [5.41, 5.74) is 8.28. The van der Waals surface area contributed by atoms with Gasteiger partial charge in [-0.15, -0.1) is 0 Å². The number of nitrogens with zero attached hydrogens (tertiary/aromatic N) is 1. The van der Waals surface area contributed by atoms with Gasteiger partial charge in [-0.2, -0.15) is 0 Å². The molecule has 2 aromatic rings. The fourth-order valence-electron chi connectivity index (χ4n) is 1.93. The van der Waals surface area contributed by atoms with Crippen LogP contribution in [-0.2, 0) is 0 Å². The van der Waals surface area contributed by atoms with Crippen molar-refractivity contribution in [1.82, 2.24) is 4.98 Å². The molecule has 0 fully saturated rings. The minimum atomic E-state index is -1.07. The van der Waals surface area contributed by atoms with Gasteiger partial charge in [0.15, 0.2) is 0 Å². The highest BCUT2D eigenvalue weighted by Crippen LogP contribution is 2.21. The molecule has 0 atom stereocenters. The Balaban J connectivity index is 2.25. The predicted molar refractivity (Wildman–Crippen MR) is 79.5 cm³/mol. The summed E-state index contributed by atoms with van der Waals surface area (Å²) in [5.74, 6) is -1.41. The van der Waals surface area contributed by atoms with E-state index >= 15 is 0 Å². The number of carbonyl (C=O) groups is 2. The van der Waals surface area contributed by atoms with Crippen LogP contribution in [0.15, 0.2) is 30.3 Å².